The maximum Gasteiger partial charge on any atom is 0.160 e. The zero-order valence-corrected chi connectivity index (χ0v) is 11.6. The van der Waals surface area contributed by atoms with Crippen molar-refractivity contribution in [3.05, 3.63) is 53.1 Å². The lowest BCUT2D eigenvalue weighted by Gasteiger charge is -2.17. The predicted octanol–water partition coefficient (Wildman–Crippen LogP) is 4.23. The van der Waals surface area contributed by atoms with Gasteiger partial charge in [0.25, 0.3) is 0 Å². The normalized spacial score (nSPS) is 11.9. The first-order valence-corrected chi connectivity index (χ1v) is 6.37. The molecule has 1 unspecified atom stereocenters. The molecule has 100 valence electrons. The summed E-state index contributed by atoms with van der Waals surface area (Å²) < 4.78 is 5.11. The van der Waals surface area contributed by atoms with E-state index in [9.17, 15) is 5.11 Å². The number of halogens is 1. The average Bonchev–Trinajstić information content (AvgIpc) is 2.39. The number of nitrogens with one attached hydrogen (secondary N) is 1. The molecule has 0 bridgehead atoms. The van der Waals surface area contributed by atoms with Gasteiger partial charge in [0.15, 0.2) is 11.5 Å². The first kappa shape index (κ1) is 13.6. The molecule has 1 atom stereocenters. The van der Waals surface area contributed by atoms with Crippen molar-refractivity contribution in [1.29, 1.82) is 0 Å². The van der Waals surface area contributed by atoms with Crippen molar-refractivity contribution in [1.82, 2.24) is 0 Å². The summed E-state index contributed by atoms with van der Waals surface area (Å²) in [7, 11) is 1.54. The molecule has 0 heterocycles. The fourth-order valence-electron chi connectivity index (χ4n) is 1.88. The molecule has 2 aromatic carbocycles. The summed E-state index contributed by atoms with van der Waals surface area (Å²) in [6.07, 6.45) is 0. The van der Waals surface area contributed by atoms with E-state index in [0.29, 0.717) is 10.8 Å². The molecule has 0 aliphatic heterocycles. The Morgan fingerprint density at radius 2 is 2.00 bits per heavy atom. The van der Waals surface area contributed by atoms with Gasteiger partial charge < -0.3 is 15.2 Å². The fraction of sp³-hybridized carbons (Fsp3) is 0.200. The first-order valence-electron chi connectivity index (χ1n) is 5.99. The number of phenolic OH excluding ortho intramolecular Hbond substituents is 1. The van der Waals surface area contributed by atoms with Crippen molar-refractivity contribution in [2.24, 2.45) is 0 Å². The summed E-state index contributed by atoms with van der Waals surface area (Å²) in [6.45, 7) is 2.03. The Balaban J connectivity index is 2.18. The predicted molar refractivity (Wildman–Crippen MR) is 78.1 cm³/mol. The Bertz CT molecular complexity index is 572. The van der Waals surface area contributed by atoms with Crippen LogP contribution >= 0.6 is 11.6 Å². The lowest BCUT2D eigenvalue weighted by Crippen LogP contribution is -2.06. The van der Waals surface area contributed by atoms with Crippen LogP contribution < -0.4 is 10.1 Å². The topological polar surface area (TPSA) is 41.5 Å². The van der Waals surface area contributed by atoms with Crippen molar-refractivity contribution in [3.63, 3.8) is 0 Å². The average molecular weight is 278 g/mol. The second kappa shape index (κ2) is 5.85. The van der Waals surface area contributed by atoms with Crippen LogP contribution in [0.3, 0.4) is 0 Å². The van der Waals surface area contributed by atoms with Gasteiger partial charge in [-0.15, -0.1) is 0 Å². The molecule has 0 radical (unpaired) electrons. The largest absolute Gasteiger partial charge is 0.504 e. The molecule has 0 amide bonds. The minimum atomic E-state index is 0.0768. The third-order valence-electron chi connectivity index (χ3n) is 2.91. The highest BCUT2D eigenvalue weighted by Gasteiger charge is 2.09. The van der Waals surface area contributed by atoms with E-state index >= 15 is 0 Å². The van der Waals surface area contributed by atoms with Crippen LogP contribution in [0.2, 0.25) is 5.02 Å². The number of hydrogen-bond donors (Lipinski definition) is 2. The minimum absolute atomic E-state index is 0.0768. The molecule has 0 saturated carbocycles. The fourth-order valence-corrected chi connectivity index (χ4v) is 2.07. The zero-order valence-electron chi connectivity index (χ0n) is 10.9. The van der Waals surface area contributed by atoms with Crippen LogP contribution in [0.5, 0.6) is 11.5 Å². The number of anilines is 1. The van der Waals surface area contributed by atoms with E-state index in [2.05, 4.69) is 5.32 Å². The van der Waals surface area contributed by atoms with E-state index in [1.165, 1.54) is 7.11 Å². The Morgan fingerprint density at radius 1 is 1.21 bits per heavy atom. The van der Waals surface area contributed by atoms with E-state index in [1.54, 1.807) is 6.07 Å². The first-order chi connectivity index (χ1) is 9.10. The Labute approximate surface area is 117 Å². The van der Waals surface area contributed by atoms with Crippen LogP contribution in [-0.2, 0) is 0 Å². The van der Waals surface area contributed by atoms with Gasteiger partial charge in [-0.2, -0.15) is 0 Å². The summed E-state index contributed by atoms with van der Waals surface area (Å²) in [6, 6.07) is 12.9. The SMILES string of the molecule is COc1cc(C(C)Nc2cccc(Cl)c2)ccc1O. The molecule has 2 aromatic rings. The van der Waals surface area contributed by atoms with E-state index in [0.717, 1.165) is 11.3 Å². The van der Waals surface area contributed by atoms with Gasteiger partial charge in [0, 0.05) is 16.8 Å². The summed E-state index contributed by atoms with van der Waals surface area (Å²) in [5, 5.41) is 13.6. The number of rotatable bonds is 4. The lowest BCUT2D eigenvalue weighted by atomic mass is 10.1. The van der Waals surface area contributed by atoms with Gasteiger partial charge in [-0.1, -0.05) is 23.7 Å². The number of phenols is 1. The molecule has 0 aliphatic carbocycles. The van der Waals surface area contributed by atoms with Crippen LogP contribution in [0.1, 0.15) is 18.5 Å². The highest BCUT2D eigenvalue weighted by Crippen LogP contribution is 2.30. The van der Waals surface area contributed by atoms with E-state index in [-0.39, 0.29) is 11.8 Å². The van der Waals surface area contributed by atoms with Gasteiger partial charge in [0.2, 0.25) is 0 Å². The summed E-state index contributed by atoms with van der Waals surface area (Å²) in [4.78, 5) is 0. The maximum absolute atomic E-state index is 9.58. The number of aromatic hydroxyl groups is 1. The number of benzene rings is 2. The quantitative estimate of drug-likeness (QED) is 0.879. The van der Waals surface area contributed by atoms with Crippen LogP contribution in [0.15, 0.2) is 42.5 Å². The molecule has 4 heteroatoms. The minimum Gasteiger partial charge on any atom is -0.504 e. The molecule has 0 saturated heterocycles. The van der Waals surface area contributed by atoms with Crippen molar-refractivity contribution in [3.8, 4) is 11.5 Å². The van der Waals surface area contributed by atoms with Crippen LogP contribution in [0.4, 0.5) is 5.69 Å². The Hall–Kier alpha value is -1.87. The molecule has 0 spiro atoms. The van der Waals surface area contributed by atoms with E-state index in [4.69, 9.17) is 16.3 Å². The third kappa shape index (κ3) is 3.32. The monoisotopic (exact) mass is 277 g/mol. The molecule has 0 aromatic heterocycles. The third-order valence-corrected chi connectivity index (χ3v) is 3.15. The standard InChI is InChI=1S/C15H16ClNO2/c1-10(17-13-5-3-4-12(16)9-13)11-6-7-14(18)15(8-11)19-2/h3-10,17-18H,1-2H3. The number of methoxy groups -OCH3 is 1. The number of ether oxygens (including phenoxy) is 1. The van der Waals surface area contributed by atoms with Crippen molar-refractivity contribution in [2.45, 2.75) is 13.0 Å². The number of hydrogen-bond acceptors (Lipinski definition) is 3. The Kier molecular flexibility index (Phi) is 4.17. The highest BCUT2D eigenvalue weighted by molar-refractivity contribution is 6.30. The molecular weight excluding hydrogens is 262 g/mol. The van der Waals surface area contributed by atoms with Crippen LogP contribution in [-0.4, -0.2) is 12.2 Å². The van der Waals surface area contributed by atoms with Crippen molar-refractivity contribution < 1.29 is 9.84 Å². The molecule has 2 N–H and O–H groups in total. The van der Waals surface area contributed by atoms with Crippen LogP contribution in [0.25, 0.3) is 0 Å². The van der Waals surface area contributed by atoms with Gasteiger partial charge in [-0.3, -0.25) is 0 Å². The van der Waals surface area contributed by atoms with Gasteiger partial charge in [0.1, 0.15) is 0 Å². The molecule has 0 aliphatic rings. The van der Waals surface area contributed by atoms with Crippen molar-refractivity contribution >= 4 is 17.3 Å². The van der Waals surface area contributed by atoms with E-state index in [1.807, 2.05) is 43.3 Å². The van der Waals surface area contributed by atoms with Gasteiger partial charge in [0.05, 0.1) is 7.11 Å². The lowest BCUT2D eigenvalue weighted by molar-refractivity contribution is 0.373. The molecular formula is C15H16ClNO2. The summed E-state index contributed by atoms with van der Waals surface area (Å²) in [5.74, 6) is 0.610. The second-order valence-corrected chi connectivity index (χ2v) is 4.74. The zero-order chi connectivity index (χ0) is 13.8. The van der Waals surface area contributed by atoms with Gasteiger partial charge >= 0.3 is 0 Å². The smallest absolute Gasteiger partial charge is 0.160 e. The van der Waals surface area contributed by atoms with E-state index < -0.39 is 0 Å². The van der Waals surface area contributed by atoms with Gasteiger partial charge in [-0.05, 0) is 42.8 Å². The van der Waals surface area contributed by atoms with Crippen molar-refractivity contribution in [2.75, 3.05) is 12.4 Å². The molecule has 0 fully saturated rings. The highest BCUT2D eigenvalue weighted by atomic mass is 35.5. The second-order valence-electron chi connectivity index (χ2n) is 4.31. The van der Waals surface area contributed by atoms with Crippen LogP contribution in [0, 0.1) is 0 Å². The summed E-state index contributed by atoms with van der Waals surface area (Å²) >= 11 is 5.95. The molecule has 3 nitrogen and oxygen atoms in total. The Morgan fingerprint density at radius 3 is 2.68 bits per heavy atom. The molecule has 2 rings (SSSR count). The molecule has 19 heavy (non-hydrogen) atoms. The summed E-state index contributed by atoms with van der Waals surface area (Å²) in [5.41, 5.74) is 1.97. The van der Waals surface area contributed by atoms with Gasteiger partial charge in [-0.25, -0.2) is 0 Å². The maximum atomic E-state index is 9.58.